The Hall–Kier alpha value is -1.22. The SMILES string of the molecule is CCCOc1cccc(C(Cl)C(N)=O)c1. The van der Waals surface area contributed by atoms with E-state index in [4.69, 9.17) is 22.1 Å². The van der Waals surface area contributed by atoms with Gasteiger partial charge in [0.25, 0.3) is 0 Å². The first-order valence-corrected chi connectivity index (χ1v) is 5.25. The molecule has 0 heterocycles. The Labute approximate surface area is 94.2 Å². The van der Waals surface area contributed by atoms with Crippen molar-refractivity contribution in [1.82, 2.24) is 0 Å². The summed E-state index contributed by atoms with van der Waals surface area (Å²) in [6.45, 7) is 2.67. The maximum atomic E-state index is 10.9. The number of nitrogens with two attached hydrogens (primary N) is 1. The van der Waals surface area contributed by atoms with Gasteiger partial charge in [-0.15, -0.1) is 11.6 Å². The van der Waals surface area contributed by atoms with Gasteiger partial charge in [0.15, 0.2) is 0 Å². The van der Waals surface area contributed by atoms with Crippen molar-refractivity contribution in [2.24, 2.45) is 5.73 Å². The number of amides is 1. The lowest BCUT2D eigenvalue weighted by Crippen LogP contribution is -2.16. The predicted octanol–water partition coefficient (Wildman–Crippen LogP) is 2.24. The van der Waals surface area contributed by atoms with Gasteiger partial charge in [-0.05, 0) is 24.1 Å². The van der Waals surface area contributed by atoms with Crippen LogP contribution in [-0.2, 0) is 4.79 Å². The molecule has 0 aromatic heterocycles. The highest BCUT2D eigenvalue weighted by Gasteiger charge is 2.14. The number of alkyl halides is 1. The van der Waals surface area contributed by atoms with Crippen LogP contribution >= 0.6 is 11.6 Å². The van der Waals surface area contributed by atoms with Gasteiger partial charge in [0.05, 0.1) is 6.61 Å². The second-order valence-electron chi connectivity index (χ2n) is 3.19. The Balaban J connectivity index is 2.77. The largest absolute Gasteiger partial charge is 0.494 e. The number of hydrogen-bond donors (Lipinski definition) is 1. The molecule has 3 nitrogen and oxygen atoms in total. The van der Waals surface area contributed by atoms with Crippen LogP contribution in [0.25, 0.3) is 0 Å². The molecule has 0 bridgehead atoms. The van der Waals surface area contributed by atoms with Crippen LogP contribution in [0, 0.1) is 0 Å². The number of rotatable bonds is 5. The maximum Gasteiger partial charge on any atom is 0.240 e. The first-order chi connectivity index (χ1) is 7.15. The summed E-state index contributed by atoms with van der Waals surface area (Å²) in [5.41, 5.74) is 5.77. The lowest BCUT2D eigenvalue weighted by atomic mass is 10.1. The average Bonchev–Trinajstić information content (AvgIpc) is 2.25. The monoisotopic (exact) mass is 227 g/mol. The molecule has 1 aromatic rings. The van der Waals surface area contributed by atoms with E-state index >= 15 is 0 Å². The van der Waals surface area contributed by atoms with Crippen LogP contribution in [0.2, 0.25) is 0 Å². The van der Waals surface area contributed by atoms with Crippen LogP contribution in [0.1, 0.15) is 24.3 Å². The van der Waals surface area contributed by atoms with E-state index in [-0.39, 0.29) is 0 Å². The summed E-state index contributed by atoms with van der Waals surface area (Å²) in [6.07, 6.45) is 0.935. The topological polar surface area (TPSA) is 52.3 Å². The fourth-order valence-corrected chi connectivity index (χ4v) is 1.28. The second-order valence-corrected chi connectivity index (χ2v) is 3.62. The van der Waals surface area contributed by atoms with Gasteiger partial charge < -0.3 is 10.5 Å². The van der Waals surface area contributed by atoms with Crippen molar-refractivity contribution in [3.63, 3.8) is 0 Å². The fourth-order valence-electron chi connectivity index (χ4n) is 1.15. The Bertz CT molecular complexity index is 341. The lowest BCUT2D eigenvalue weighted by Gasteiger charge is -2.08. The van der Waals surface area contributed by atoms with Gasteiger partial charge in [0.1, 0.15) is 11.1 Å². The molecule has 4 heteroatoms. The van der Waals surface area contributed by atoms with Crippen molar-refractivity contribution < 1.29 is 9.53 Å². The van der Waals surface area contributed by atoms with Crippen LogP contribution in [0.4, 0.5) is 0 Å². The van der Waals surface area contributed by atoms with E-state index in [2.05, 4.69) is 0 Å². The van der Waals surface area contributed by atoms with Crippen LogP contribution in [-0.4, -0.2) is 12.5 Å². The van der Waals surface area contributed by atoms with E-state index in [1.165, 1.54) is 0 Å². The molecule has 15 heavy (non-hydrogen) atoms. The Morgan fingerprint density at radius 1 is 1.60 bits per heavy atom. The van der Waals surface area contributed by atoms with Gasteiger partial charge in [0, 0.05) is 0 Å². The number of hydrogen-bond acceptors (Lipinski definition) is 2. The van der Waals surface area contributed by atoms with Crippen molar-refractivity contribution in [3.05, 3.63) is 29.8 Å². The molecule has 82 valence electrons. The number of ether oxygens (including phenoxy) is 1. The molecule has 0 saturated heterocycles. The zero-order valence-electron chi connectivity index (χ0n) is 8.57. The summed E-state index contributed by atoms with van der Waals surface area (Å²) in [4.78, 5) is 10.9. The van der Waals surface area contributed by atoms with Crippen LogP contribution in [0.15, 0.2) is 24.3 Å². The van der Waals surface area contributed by atoms with Gasteiger partial charge >= 0.3 is 0 Å². The van der Waals surface area contributed by atoms with Gasteiger partial charge in [0.2, 0.25) is 5.91 Å². The predicted molar refractivity (Wildman–Crippen MR) is 60.0 cm³/mol. The molecular formula is C11H14ClNO2. The molecule has 1 unspecified atom stereocenters. The van der Waals surface area contributed by atoms with E-state index in [0.717, 1.165) is 6.42 Å². The van der Waals surface area contributed by atoms with Crippen molar-refractivity contribution in [1.29, 1.82) is 0 Å². The van der Waals surface area contributed by atoms with Gasteiger partial charge in [-0.25, -0.2) is 0 Å². The number of halogens is 1. The quantitative estimate of drug-likeness (QED) is 0.785. The minimum atomic E-state index is -0.796. The Morgan fingerprint density at radius 2 is 2.33 bits per heavy atom. The lowest BCUT2D eigenvalue weighted by molar-refractivity contribution is -0.117. The van der Waals surface area contributed by atoms with E-state index in [1.54, 1.807) is 18.2 Å². The molecule has 0 radical (unpaired) electrons. The molecule has 1 aromatic carbocycles. The minimum absolute atomic E-state index is 0.552. The van der Waals surface area contributed by atoms with Crippen LogP contribution in [0.5, 0.6) is 5.75 Å². The summed E-state index contributed by atoms with van der Waals surface area (Å²) in [5.74, 6) is 0.158. The highest BCUT2D eigenvalue weighted by Crippen LogP contribution is 2.23. The first kappa shape index (κ1) is 11.9. The smallest absolute Gasteiger partial charge is 0.240 e. The first-order valence-electron chi connectivity index (χ1n) is 4.81. The fraction of sp³-hybridized carbons (Fsp3) is 0.364. The number of primary amides is 1. The highest BCUT2D eigenvalue weighted by molar-refractivity contribution is 6.30. The maximum absolute atomic E-state index is 10.9. The van der Waals surface area contributed by atoms with Gasteiger partial charge in [-0.2, -0.15) is 0 Å². The molecular weight excluding hydrogens is 214 g/mol. The third-order valence-corrected chi connectivity index (χ3v) is 2.34. The zero-order valence-corrected chi connectivity index (χ0v) is 9.33. The molecule has 0 fully saturated rings. The molecule has 1 rings (SSSR count). The molecule has 2 N–H and O–H groups in total. The van der Waals surface area contributed by atoms with Crippen molar-refractivity contribution in [2.45, 2.75) is 18.7 Å². The van der Waals surface area contributed by atoms with Crippen molar-refractivity contribution >= 4 is 17.5 Å². The Kier molecular flexibility index (Phi) is 4.43. The summed E-state index contributed by atoms with van der Waals surface area (Å²) in [7, 11) is 0. The van der Waals surface area contributed by atoms with Crippen LogP contribution in [0.3, 0.4) is 0 Å². The molecule has 0 aliphatic heterocycles. The van der Waals surface area contributed by atoms with Gasteiger partial charge in [-0.1, -0.05) is 19.1 Å². The standard InChI is InChI=1S/C11H14ClNO2/c1-2-6-15-9-5-3-4-8(7-9)10(12)11(13)14/h3-5,7,10H,2,6H2,1H3,(H2,13,14). The van der Waals surface area contributed by atoms with Crippen molar-refractivity contribution in [2.75, 3.05) is 6.61 Å². The van der Waals surface area contributed by atoms with Gasteiger partial charge in [-0.3, -0.25) is 4.79 Å². The summed E-state index contributed by atoms with van der Waals surface area (Å²) in [5, 5.41) is -0.796. The van der Waals surface area contributed by atoms with Crippen molar-refractivity contribution in [3.8, 4) is 5.75 Å². The summed E-state index contributed by atoms with van der Waals surface area (Å²) < 4.78 is 5.41. The molecule has 1 amide bonds. The molecule has 1 atom stereocenters. The highest BCUT2D eigenvalue weighted by atomic mass is 35.5. The van der Waals surface area contributed by atoms with E-state index in [1.807, 2.05) is 13.0 Å². The van der Waals surface area contributed by atoms with E-state index < -0.39 is 11.3 Å². The van der Waals surface area contributed by atoms with Crippen LogP contribution < -0.4 is 10.5 Å². The molecule has 0 aliphatic carbocycles. The van der Waals surface area contributed by atoms with E-state index in [9.17, 15) is 4.79 Å². The molecule has 0 saturated carbocycles. The van der Waals surface area contributed by atoms with E-state index in [0.29, 0.717) is 17.9 Å². The zero-order chi connectivity index (χ0) is 11.3. The minimum Gasteiger partial charge on any atom is -0.494 e. The molecule has 0 spiro atoms. The number of carbonyl (C=O) groups excluding carboxylic acids is 1. The average molecular weight is 228 g/mol. The Morgan fingerprint density at radius 3 is 2.93 bits per heavy atom. The number of carbonyl (C=O) groups is 1. The third-order valence-electron chi connectivity index (χ3n) is 1.87. The summed E-state index contributed by atoms with van der Waals surface area (Å²) >= 11 is 5.82. The second kappa shape index (κ2) is 5.61. The normalized spacial score (nSPS) is 12.1. The number of benzene rings is 1. The third kappa shape index (κ3) is 3.44. The molecule has 0 aliphatic rings. The summed E-state index contributed by atoms with van der Waals surface area (Å²) in [6, 6.07) is 7.10.